The highest BCUT2D eigenvalue weighted by molar-refractivity contribution is 5.92. The fourth-order valence-corrected chi connectivity index (χ4v) is 4.89. The minimum Gasteiger partial charge on any atom is -0.486 e. The third-order valence-electron chi connectivity index (χ3n) is 7.31. The fraction of sp³-hybridized carbons (Fsp3) is 0.323. The summed E-state index contributed by atoms with van der Waals surface area (Å²) in [5, 5.41) is 18.2. The zero-order valence-corrected chi connectivity index (χ0v) is 22.3. The molecule has 1 aromatic heterocycles. The van der Waals surface area contributed by atoms with E-state index in [9.17, 15) is 14.3 Å². The molecule has 4 aromatic rings. The number of hydrogen-bond donors (Lipinski definition) is 1. The minimum absolute atomic E-state index is 0.129. The van der Waals surface area contributed by atoms with Gasteiger partial charge in [-0.2, -0.15) is 5.26 Å². The number of halogens is 1. The third kappa shape index (κ3) is 6.30. The molecule has 0 bridgehead atoms. The lowest BCUT2D eigenvalue weighted by atomic mass is 9.97. The van der Waals surface area contributed by atoms with Crippen LogP contribution in [-0.4, -0.2) is 51.8 Å². The molecular formula is C31H31FN4O4. The Balaban J connectivity index is 0.000000741. The molecule has 0 aliphatic carbocycles. The molecule has 3 aromatic carbocycles. The Kier molecular flexibility index (Phi) is 8.39. The number of hydrogen-bond acceptors (Lipinski definition) is 6. The first-order valence-electron chi connectivity index (χ1n) is 13.3. The molecule has 3 heterocycles. The lowest BCUT2D eigenvalue weighted by molar-refractivity contribution is 0.0367. The van der Waals surface area contributed by atoms with Gasteiger partial charge in [0.05, 0.1) is 34.8 Å². The Morgan fingerprint density at radius 2 is 2.00 bits per heavy atom. The predicted molar refractivity (Wildman–Crippen MR) is 148 cm³/mol. The maximum Gasteiger partial charge on any atom is 0.335 e. The summed E-state index contributed by atoms with van der Waals surface area (Å²) in [5.74, 6) is -0.0940. The quantitative estimate of drug-likeness (QED) is 0.340. The Morgan fingerprint density at radius 1 is 1.20 bits per heavy atom. The molecule has 0 radical (unpaired) electrons. The maximum absolute atomic E-state index is 14.1. The monoisotopic (exact) mass is 542 g/mol. The maximum atomic E-state index is 14.1. The second-order valence-corrected chi connectivity index (χ2v) is 10.1. The number of nitriles is 1. The number of imidazole rings is 1. The average Bonchev–Trinajstić information content (AvgIpc) is 3.51. The molecule has 1 N–H and O–H groups in total. The number of ether oxygens (including phenoxy) is 2. The Hall–Kier alpha value is -4.26. The van der Waals surface area contributed by atoms with Crippen molar-refractivity contribution in [3.63, 3.8) is 0 Å². The van der Waals surface area contributed by atoms with E-state index in [1.165, 1.54) is 30.2 Å². The smallest absolute Gasteiger partial charge is 0.335 e. The first-order chi connectivity index (χ1) is 19.4. The number of nitrogens with zero attached hydrogens (tertiary/aromatic N) is 4. The van der Waals surface area contributed by atoms with Crippen molar-refractivity contribution in [2.75, 3.05) is 26.3 Å². The Bertz CT molecular complexity index is 1550. The highest BCUT2D eigenvalue weighted by Gasteiger charge is 2.25. The SMILES string of the molecule is C1COC1.Cn1c(CN2CCC(c3cccc(COc4ccc(C#N)cc4F)c3)C2)nc2ccc(C(=O)O)cc21. The molecule has 2 fully saturated rings. The van der Waals surface area contributed by atoms with E-state index < -0.39 is 11.8 Å². The molecule has 9 heteroatoms. The van der Waals surface area contributed by atoms with Crippen LogP contribution < -0.4 is 4.74 Å². The molecule has 206 valence electrons. The zero-order valence-electron chi connectivity index (χ0n) is 22.3. The standard InChI is InChI=1S/C28H25FN4O3.C3H6O/c1-32-25-13-21(28(34)35)6-7-24(25)31-27(32)16-33-10-9-22(15-33)20-4-2-3-19(11-20)17-36-26-8-5-18(14-30)12-23(26)29;1-2-4-3-1/h2-8,11-13,22H,9-10,15-17H2,1H3,(H,34,35);1-3H2. The van der Waals surface area contributed by atoms with Gasteiger partial charge >= 0.3 is 5.97 Å². The fourth-order valence-electron chi connectivity index (χ4n) is 4.89. The van der Waals surface area contributed by atoms with Crippen molar-refractivity contribution in [1.82, 2.24) is 14.5 Å². The molecule has 2 saturated heterocycles. The number of aromatic carboxylic acids is 1. The molecular weight excluding hydrogens is 511 g/mol. The van der Waals surface area contributed by atoms with Crippen molar-refractivity contribution in [2.24, 2.45) is 7.05 Å². The summed E-state index contributed by atoms with van der Waals surface area (Å²) < 4.78 is 26.5. The van der Waals surface area contributed by atoms with E-state index in [2.05, 4.69) is 17.0 Å². The van der Waals surface area contributed by atoms with Crippen LogP contribution in [0.4, 0.5) is 4.39 Å². The van der Waals surface area contributed by atoms with Gasteiger partial charge in [0.25, 0.3) is 0 Å². The van der Waals surface area contributed by atoms with Crippen LogP contribution >= 0.6 is 0 Å². The van der Waals surface area contributed by atoms with Gasteiger partial charge in [-0.25, -0.2) is 14.2 Å². The van der Waals surface area contributed by atoms with Crippen LogP contribution in [0.25, 0.3) is 11.0 Å². The predicted octanol–water partition coefficient (Wildman–Crippen LogP) is 5.26. The molecule has 40 heavy (non-hydrogen) atoms. The van der Waals surface area contributed by atoms with Gasteiger partial charge in [0, 0.05) is 26.8 Å². The van der Waals surface area contributed by atoms with Gasteiger partial charge in [-0.1, -0.05) is 24.3 Å². The van der Waals surface area contributed by atoms with Crippen molar-refractivity contribution >= 4 is 17.0 Å². The topological polar surface area (TPSA) is 101 Å². The van der Waals surface area contributed by atoms with Gasteiger partial charge in [0.15, 0.2) is 11.6 Å². The van der Waals surface area contributed by atoms with Crippen LogP contribution in [0.3, 0.4) is 0 Å². The molecule has 0 saturated carbocycles. The number of carboxylic acid groups (broad SMARTS) is 1. The molecule has 0 amide bonds. The number of carboxylic acids is 1. The van der Waals surface area contributed by atoms with E-state index in [0.717, 1.165) is 55.1 Å². The number of carbonyl (C=O) groups is 1. The average molecular weight is 543 g/mol. The third-order valence-corrected chi connectivity index (χ3v) is 7.31. The first kappa shape index (κ1) is 27.3. The summed E-state index contributed by atoms with van der Waals surface area (Å²) in [6, 6.07) is 19.3. The van der Waals surface area contributed by atoms with Crippen LogP contribution in [0.15, 0.2) is 60.7 Å². The van der Waals surface area contributed by atoms with Crippen molar-refractivity contribution in [3.05, 3.63) is 94.6 Å². The van der Waals surface area contributed by atoms with Crippen LogP contribution in [0.5, 0.6) is 5.75 Å². The van der Waals surface area contributed by atoms with E-state index in [4.69, 9.17) is 19.7 Å². The molecule has 8 nitrogen and oxygen atoms in total. The van der Waals surface area contributed by atoms with Gasteiger partial charge in [0.2, 0.25) is 0 Å². The van der Waals surface area contributed by atoms with E-state index in [0.29, 0.717) is 12.5 Å². The van der Waals surface area contributed by atoms with Crippen LogP contribution in [0.1, 0.15) is 51.6 Å². The molecule has 1 unspecified atom stereocenters. The van der Waals surface area contributed by atoms with Crippen molar-refractivity contribution in [3.8, 4) is 11.8 Å². The summed E-state index contributed by atoms with van der Waals surface area (Å²) in [6.07, 6.45) is 2.29. The lowest BCUT2D eigenvalue weighted by Crippen LogP contribution is -2.21. The van der Waals surface area contributed by atoms with Gasteiger partial charge in [-0.3, -0.25) is 4.90 Å². The largest absolute Gasteiger partial charge is 0.486 e. The Labute approximate surface area is 232 Å². The van der Waals surface area contributed by atoms with Gasteiger partial charge < -0.3 is 19.1 Å². The van der Waals surface area contributed by atoms with Gasteiger partial charge in [0.1, 0.15) is 12.4 Å². The Morgan fingerprint density at radius 3 is 2.70 bits per heavy atom. The molecule has 1 atom stereocenters. The number of fused-ring (bicyclic) bond motifs is 1. The van der Waals surface area contributed by atoms with Gasteiger partial charge in [-0.05, 0) is 72.8 Å². The summed E-state index contributed by atoms with van der Waals surface area (Å²) in [7, 11) is 1.92. The first-order valence-corrected chi connectivity index (χ1v) is 13.3. The highest BCUT2D eigenvalue weighted by atomic mass is 19.1. The minimum atomic E-state index is -0.947. The van der Waals surface area contributed by atoms with Crippen LogP contribution in [0, 0.1) is 17.1 Å². The van der Waals surface area contributed by atoms with Crippen molar-refractivity contribution in [1.29, 1.82) is 5.26 Å². The van der Waals surface area contributed by atoms with E-state index >= 15 is 0 Å². The van der Waals surface area contributed by atoms with Crippen molar-refractivity contribution in [2.45, 2.75) is 31.9 Å². The highest BCUT2D eigenvalue weighted by Crippen LogP contribution is 2.30. The molecule has 6 rings (SSSR count). The summed E-state index contributed by atoms with van der Waals surface area (Å²) in [6.45, 7) is 4.75. The number of aromatic nitrogens is 2. The number of likely N-dealkylation sites (tertiary alicyclic amines) is 1. The summed E-state index contributed by atoms with van der Waals surface area (Å²) in [5.41, 5.74) is 4.29. The normalized spacial score (nSPS) is 16.6. The van der Waals surface area contributed by atoms with Crippen LogP contribution in [-0.2, 0) is 24.9 Å². The number of aryl methyl sites for hydroxylation is 1. The van der Waals surface area contributed by atoms with Crippen LogP contribution in [0.2, 0.25) is 0 Å². The summed E-state index contributed by atoms with van der Waals surface area (Å²) in [4.78, 5) is 18.4. The van der Waals surface area contributed by atoms with E-state index in [1.807, 2.05) is 29.8 Å². The van der Waals surface area contributed by atoms with E-state index in [1.54, 1.807) is 18.2 Å². The van der Waals surface area contributed by atoms with E-state index in [-0.39, 0.29) is 23.5 Å². The second kappa shape index (κ2) is 12.3. The summed E-state index contributed by atoms with van der Waals surface area (Å²) >= 11 is 0. The molecule has 0 spiro atoms. The van der Waals surface area contributed by atoms with Crippen molar-refractivity contribution < 1.29 is 23.8 Å². The lowest BCUT2D eigenvalue weighted by Gasteiger charge is -2.16. The van der Waals surface area contributed by atoms with Gasteiger partial charge in [-0.15, -0.1) is 0 Å². The molecule has 2 aliphatic rings. The number of benzene rings is 3. The molecule has 2 aliphatic heterocycles. The number of rotatable bonds is 7. The zero-order chi connectivity index (χ0) is 28.1. The second-order valence-electron chi connectivity index (χ2n) is 10.1.